The number of quaternary nitrogens is 1. The van der Waals surface area contributed by atoms with Crippen LogP contribution in [-0.4, -0.2) is 55.6 Å². The SMILES string of the molecule is O=C(OCCC[NH+]1CCOCC1)c1ccc(O)c(O)c1. The van der Waals surface area contributed by atoms with Gasteiger partial charge in [0, 0.05) is 6.42 Å². The van der Waals surface area contributed by atoms with Crippen LogP contribution in [0.15, 0.2) is 18.2 Å². The van der Waals surface area contributed by atoms with Gasteiger partial charge >= 0.3 is 5.97 Å². The minimum atomic E-state index is -0.489. The van der Waals surface area contributed by atoms with Crippen molar-refractivity contribution in [1.29, 1.82) is 0 Å². The summed E-state index contributed by atoms with van der Waals surface area (Å²) in [4.78, 5) is 13.2. The minimum absolute atomic E-state index is 0.235. The molecule has 0 saturated carbocycles. The van der Waals surface area contributed by atoms with E-state index in [9.17, 15) is 9.90 Å². The van der Waals surface area contributed by atoms with Crippen molar-refractivity contribution < 1.29 is 29.4 Å². The highest BCUT2D eigenvalue weighted by molar-refractivity contribution is 5.90. The van der Waals surface area contributed by atoms with Gasteiger partial charge in [-0.3, -0.25) is 0 Å². The van der Waals surface area contributed by atoms with Gasteiger partial charge in [0.1, 0.15) is 13.1 Å². The molecule has 0 aliphatic carbocycles. The molecule has 1 saturated heterocycles. The van der Waals surface area contributed by atoms with E-state index in [1.54, 1.807) is 0 Å². The maximum Gasteiger partial charge on any atom is 0.338 e. The minimum Gasteiger partial charge on any atom is -0.504 e. The maximum absolute atomic E-state index is 11.7. The van der Waals surface area contributed by atoms with E-state index in [1.165, 1.54) is 23.1 Å². The molecule has 0 unspecified atom stereocenters. The molecule has 0 aromatic heterocycles. The summed E-state index contributed by atoms with van der Waals surface area (Å²) in [7, 11) is 0. The zero-order chi connectivity index (χ0) is 14.4. The number of esters is 1. The van der Waals surface area contributed by atoms with E-state index < -0.39 is 5.97 Å². The number of rotatable bonds is 5. The number of benzene rings is 1. The molecule has 2 rings (SSSR count). The molecule has 20 heavy (non-hydrogen) atoms. The molecule has 1 aromatic carbocycles. The first-order valence-electron chi connectivity index (χ1n) is 6.77. The number of nitrogens with one attached hydrogen (secondary N) is 1. The lowest BCUT2D eigenvalue weighted by Gasteiger charge is -2.23. The molecule has 0 bridgehead atoms. The molecule has 1 aliphatic heterocycles. The smallest absolute Gasteiger partial charge is 0.338 e. The molecular formula is C14H20NO5+. The van der Waals surface area contributed by atoms with Gasteiger partial charge in [-0.25, -0.2) is 4.79 Å². The first-order valence-corrected chi connectivity index (χ1v) is 6.77. The number of hydrogen-bond donors (Lipinski definition) is 3. The molecule has 1 aromatic rings. The second kappa shape index (κ2) is 7.12. The summed E-state index contributed by atoms with van der Waals surface area (Å²) < 4.78 is 10.4. The van der Waals surface area contributed by atoms with Gasteiger partial charge in [0.05, 0.1) is 31.9 Å². The van der Waals surface area contributed by atoms with Crippen molar-refractivity contribution in [3.63, 3.8) is 0 Å². The van der Waals surface area contributed by atoms with Gasteiger partial charge in [-0.1, -0.05) is 0 Å². The predicted molar refractivity (Wildman–Crippen MR) is 71.1 cm³/mol. The molecule has 110 valence electrons. The number of carbonyl (C=O) groups excluding carboxylic acids is 1. The third-order valence-corrected chi connectivity index (χ3v) is 3.32. The van der Waals surface area contributed by atoms with E-state index in [0.29, 0.717) is 6.61 Å². The van der Waals surface area contributed by atoms with E-state index >= 15 is 0 Å². The highest BCUT2D eigenvalue weighted by atomic mass is 16.5. The van der Waals surface area contributed by atoms with E-state index in [-0.39, 0.29) is 17.1 Å². The first kappa shape index (κ1) is 14.6. The Morgan fingerprint density at radius 1 is 1.25 bits per heavy atom. The quantitative estimate of drug-likeness (QED) is 0.387. The predicted octanol–water partition coefficient (Wildman–Crippen LogP) is -0.440. The Hall–Kier alpha value is -1.79. The van der Waals surface area contributed by atoms with Gasteiger partial charge in [-0.05, 0) is 18.2 Å². The van der Waals surface area contributed by atoms with Crippen LogP contribution in [0.25, 0.3) is 0 Å². The molecule has 1 aliphatic rings. The standard InChI is InChI=1S/C14H19NO5/c16-12-3-2-11(10-13(12)17)14(18)20-7-1-4-15-5-8-19-9-6-15/h2-3,10,16-17H,1,4-9H2/p+1. The number of carbonyl (C=O) groups is 1. The average molecular weight is 282 g/mol. The molecule has 6 nitrogen and oxygen atoms in total. The van der Waals surface area contributed by atoms with Crippen LogP contribution >= 0.6 is 0 Å². The summed E-state index contributed by atoms with van der Waals surface area (Å²) in [6, 6.07) is 3.89. The number of phenols is 2. The molecule has 0 radical (unpaired) electrons. The summed E-state index contributed by atoms with van der Waals surface area (Å²) in [6.07, 6.45) is 0.797. The number of aromatic hydroxyl groups is 2. The third-order valence-electron chi connectivity index (χ3n) is 3.32. The molecule has 1 heterocycles. The van der Waals surface area contributed by atoms with Gasteiger partial charge in [0.15, 0.2) is 11.5 Å². The lowest BCUT2D eigenvalue weighted by Crippen LogP contribution is -3.14. The van der Waals surface area contributed by atoms with Crippen LogP contribution in [0.4, 0.5) is 0 Å². The topological polar surface area (TPSA) is 80.4 Å². The lowest BCUT2D eigenvalue weighted by atomic mass is 10.2. The van der Waals surface area contributed by atoms with E-state index in [1.807, 2.05) is 0 Å². The summed E-state index contributed by atoms with van der Waals surface area (Å²) in [6.45, 7) is 4.89. The van der Waals surface area contributed by atoms with Crippen LogP contribution in [0.1, 0.15) is 16.8 Å². The Labute approximate surface area is 117 Å². The van der Waals surface area contributed by atoms with Crippen LogP contribution in [-0.2, 0) is 9.47 Å². The van der Waals surface area contributed by atoms with Gasteiger partial charge in [-0.15, -0.1) is 0 Å². The first-order chi connectivity index (χ1) is 9.66. The molecule has 6 heteroatoms. The zero-order valence-electron chi connectivity index (χ0n) is 11.3. The summed E-state index contributed by atoms with van der Waals surface area (Å²) in [5, 5.41) is 18.5. The highest BCUT2D eigenvalue weighted by Gasteiger charge is 2.14. The second-order valence-electron chi connectivity index (χ2n) is 4.81. The molecule has 0 atom stereocenters. The molecular weight excluding hydrogens is 262 g/mol. The van der Waals surface area contributed by atoms with Gasteiger partial charge in [0.2, 0.25) is 0 Å². The van der Waals surface area contributed by atoms with Gasteiger partial charge in [0.25, 0.3) is 0 Å². The van der Waals surface area contributed by atoms with Gasteiger partial charge in [-0.2, -0.15) is 0 Å². The fraction of sp³-hybridized carbons (Fsp3) is 0.500. The van der Waals surface area contributed by atoms with E-state index in [2.05, 4.69) is 0 Å². The number of ether oxygens (including phenoxy) is 2. The number of phenolic OH excluding ortho intramolecular Hbond substituents is 2. The van der Waals surface area contributed by atoms with Crippen molar-refractivity contribution in [2.75, 3.05) is 39.5 Å². The van der Waals surface area contributed by atoms with Crippen molar-refractivity contribution in [3.05, 3.63) is 23.8 Å². The van der Waals surface area contributed by atoms with Crippen molar-refractivity contribution in [1.82, 2.24) is 0 Å². The highest BCUT2D eigenvalue weighted by Crippen LogP contribution is 2.25. The summed E-state index contributed by atoms with van der Waals surface area (Å²) in [5.74, 6) is -1.06. The fourth-order valence-corrected chi connectivity index (χ4v) is 2.13. The second-order valence-corrected chi connectivity index (χ2v) is 4.81. The Kier molecular flexibility index (Phi) is 5.20. The Morgan fingerprint density at radius 3 is 2.70 bits per heavy atom. The normalized spacial score (nSPS) is 16.0. The van der Waals surface area contributed by atoms with Crippen LogP contribution < -0.4 is 4.90 Å². The Morgan fingerprint density at radius 2 is 2.00 bits per heavy atom. The Bertz CT molecular complexity index is 457. The van der Waals surface area contributed by atoms with Crippen LogP contribution in [0, 0.1) is 0 Å². The van der Waals surface area contributed by atoms with Gasteiger partial charge < -0.3 is 24.6 Å². The average Bonchev–Trinajstić information content (AvgIpc) is 2.47. The monoisotopic (exact) mass is 282 g/mol. The van der Waals surface area contributed by atoms with E-state index in [4.69, 9.17) is 14.6 Å². The van der Waals surface area contributed by atoms with Crippen molar-refractivity contribution >= 4 is 5.97 Å². The lowest BCUT2D eigenvalue weighted by molar-refractivity contribution is -0.908. The van der Waals surface area contributed by atoms with Crippen LogP contribution in [0.5, 0.6) is 11.5 Å². The van der Waals surface area contributed by atoms with E-state index in [0.717, 1.165) is 39.3 Å². The third kappa shape index (κ3) is 4.11. The van der Waals surface area contributed by atoms with Crippen LogP contribution in [0.2, 0.25) is 0 Å². The van der Waals surface area contributed by atoms with Crippen LogP contribution in [0.3, 0.4) is 0 Å². The molecule has 0 spiro atoms. The molecule has 1 fully saturated rings. The largest absolute Gasteiger partial charge is 0.504 e. The summed E-state index contributed by atoms with van der Waals surface area (Å²) >= 11 is 0. The summed E-state index contributed by atoms with van der Waals surface area (Å²) in [5.41, 5.74) is 0.235. The maximum atomic E-state index is 11.7. The Balaban J connectivity index is 1.70. The van der Waals surface area contributed by atoms with Crippen molar-refractivity contribution in [2.24, 2.45) is 0 Å². The number of hydrogen-bond acceptors (Lipinski definition) is 5. The van der Waals surface area contributed by atoms with Crippen molar-refractivity contribution in [2.45, 2.75) is 6.42 Å². The number of morpholine rings is 1. The fourth-order valence-electron chi connectivity index (χ4n) is 2.13. The molecule has 0 amide bonds. The zero-order valence-corrected chi connectivity index (χ0v) is 11.3. The molecule has 3 N–H and O–H groups in total. The van der Waals surface area contributed by atoms with Crippen molar-refractivity contribution in [3.8, 4) is 11.5 Å².